The highest BCUT2D eigenvalue weighted by Crippen LogP contribution is 2.22. The first-order valence-electron chi connectivity index (χ1n) is 6.21. The van der Waals surface area contributed by atoms with Gasteiger partial charge in [0.25, 0.3) is 0 Å². The van der Waals surface area contributed by atoms with Crippen LogP contribution >= 0.6 is 15.9 Å². The average molecular weight is 307 g/mol. The van der Waals surface area contributed by atoms with Crippen LogP contribution in [0.4, 0.5) is 5.95 Å². The summed E-state index contributed by atoms with van der Waals surface area (Å²) in [6.07, 6.45) is 4.12. The Morgan fingerprint density at radius 3 is 2.94 bits per heavy atom. The third-order valence-electron chi connectivity index (χ3n) is 3.23. The predicted molar refractivity (Wildman–Crippen MR) is 76.8 cm³/mol. The van der Waals surface area contributed by atoms with Gasteiger partial charge in [0, 0.05) is 22.1 Å². The average Bonchev–Trinajstić information content (AvgIpc) is 2.41. The van der Waals surface area contributed by atoms with Gasteiger partial charge in [0.05, 0.1) is 5.52 Å². The lowest BCUT2D eigenvalue weighted by atomic mass is 10.1. The van der Waals surface area contributed by atoms with Gasteiger partial charge in [-0.3, -0.25) is 0 Å². The minimum Gasteiger partial charge on any atom is -0.351 e. The van der Waals surface area contributed by atoms with Crippen LogP contribution in [0.5, 0.6) is 0 Å². The number of nitrogens with one attached hydrogen (secondary N) is 2. The molecule has 0 radical (unpaired) electrons. The molecule has 1 aliphatic rings. The van der Waals surface area contributed by atoms with E-state index in [1.807, 2.05) is 24.4 Å². The zero-order valence-electron chi connectivity index (χ0n) is 9.99. The topological polar surface area (TPSA) is 49.8 Å². The number of benzene rings is 1. The third kappa shape index (κ3) is 2.47. The van der Waals surface area contributed by atoms with E-state index in [9.17, 15) is 0 Å². The Bertz CT molecular complexity index is 552. The molecule has 94 valence electrons. The summed E-state index contributed by atoms with van der Waals surface area (Å²) in [5.74, 6) is 0.723. The fraction of sp³-hybridized carbons (Fsp3) is 0.385. The van der Waals surface area contributed by atoms with Crippen LogP contribution < -0.4 is 10.6 Å². The molecule has 1 saturated heterocycles. The fourth-order valence-electron chi connectivity index (χ4n) is 2.24. The SMILES string of the molecule is Brc1cccc2cnc(NC3CCNCC3)nc12. The number of nitrogens with zero attached hydrogens (tertiary/aromatic N) is 2. The number of anilines is 1. The van der Waals surface area contributed by atoms with Crippen molar-refractivity contribution in [3.05, 3.63) is 28.9 Å². The summed E-state index contributed by atoms with van der Waals surface area (Å²) in [6.45, 7) is 2.13. The molecule has 0 amide bonds. The summed E-state index contributed by atoms with van der Waals surface area (Å²) in [6, 6.07) is 6.50. The molecule has 0 aliphatic carbocycles. The minimum absolute atomic E-state index is 0.478. The highest BCUT2D eigenvalue weighted by atomic mass is 79.9. The normalized spacial score (nSPS) is 16.9. The largest absolute Gasteiger partial charge is 0.351 e. The van der Waals surface area contributed by atoms with Crippen molar-refractivity contribution < 1.29 is 0 Å². The number of para-hydroxylation sites is 1. The molecule has 18 heavy (non-hydrogen) atoms. The van der Waals surface area contributed by atoms with Crippen LogP contribution in [0.25, 0.3) is 10.9 Å². The zero-order chi connectivity index (χ0) is 12.4. The number of aromatic nitrogens is 2. The molecule has 1 aliphatic heterocycles. The van der Waals surface area contributed by atoms with Crippen LogP contribution in [0.2, 0.25) is 0 Å². The summed E-state index contributed by atoms with van der Waals surface area (Å²) >= 11 is 3.53. The minimum atomic E-state index is 0.478. The highest BCUT2D eigenvalue weighted by Gasteiger charge is 2.13. The van der Waals surface area contributed by atoms with Crippen molar-refractivity contribution >= 4 is 32.8 Å². The molecule has 0 unspecified atom stereocenters. The van der Waals surface area contributed by atoms with E-state index in [-0.39, 0.29) is 0 Å². The molecule has 0 atom stereocenters. The van der Waals surface area contributed by atoms with Crippen LogP contribution in [-0.4, -0.2) is 29.1 Å². The monoisotopic (exact) mass is 306 g/mol. The fourth-order valence-corrected chi connectivity index (χ4v) is 2.71. The second kappa shape index (κ2) is 5.20. The number of hydrogen-bond donors (Lipinski definition) is 2. The summed E-state index contributed by atoms with van der Waals surface area (Å²) in [5, 5.41) is 7.82. The van der Waals surface area contributed by atoms with Crippen LogP contribution in [0, 0.1) is 0 Å². The van der Waals surface area contributed by atoms with E-state index in [4.69, 9.17) is 0 Å². The van der Waals surface area contributed by atoms with Crippen LogP contribution in [0.1, 0.15) is 12.8 Å². The van der Waals surface area contributed by atoms with E-state index in [2.05, 4.69) is 36.5 Å². The number of fused-ring (bicyclic) bond motifs is 1. The maximum atomic E-state index is 4.58. The van der Waals surface area contributed by atoms with Gasteiger partial charge < -0.3 is 10.6 Å². The molecule has 2 N–H and O–H groups in total. The Kier molecular flexibility index (Phi) is 3.43. The second-order valence-electron chi connectivity index (χ2n) is 4.54. The number of halogens is 1. The van der Waals surface area contributed by atoms with Crippen molar-refractivity contribution in [2.75, 3.05) is 18.4 Å². The summed E-state index contributed by atoms with van der Waals surface area (Å²) in [5.41, 5.74) is 0.962. The van der Waals surface area contributed by atoms with Gasteiger partial charge >= 0.3 is 0 Å². The van der Waals surface area contributed by atoms with E-state index in [0.29, 0.717) is 6.04 Å². The van der Waals surface area contributed by atoms with Crippen molar-refractivity contribution in [3.8, 4) is 0 Å². The molecule has 1 aromatic carbocycles. The van der Waals surface area contributed by atoms with Gasteiger partial charge in [-0.15, -0.1) is 0 Å². The highest BCUT2D eigenvalue weighted by molar-refractivity contribution is 9.10. The quantitative estimate of drug-likeness (QED) is 0.895. The van der Waals surface area contributed by atoms with Gasteiger partial charge in [-0.25, -0.2) is 9.97 Å². The predicted octanol–water partition coefficient (Wildman–Crippen LogP) is 2.56. The molecule has 3 rings (SSSR count). The standard InChI is InChI=1S/C13H15BrN4/c14-11-3-1-2-9-8-16-13(18-12(9)11)17-10-4-6-15-7-5-10/h1-3,8,10,15H,4-7H2,(H,16,17,18). The van der Waals surface area contributed by atoms with Crippen molar-refractivity contribution in [1.29, 1.82) is 0 Å². The summed E-state index contributed by atoms with van der Waals surface area (Å²) in [7, 11) is 0. The molecule has 4 nitrogen and oxygen atoms in total. The molecular weight excluding hydrogens is 292 g/mol. The van der Waals surface area contributed by atoms with Gasteiger partial charge in [-0.05, 0) is 47.9 Å². The van der Waals surface area contributed by atoms with Crippen molar-refractivity contribution in [1.82, 2.24) is 15.3 Å². The Hall–Kier alpha value is -1.20. The molecule has 1 fully saturated rings. The molecule has 2 aromatic rings. The summed E-state index contributed by atoms with van der Waals surface area (Å²) < 4.78 is 1.01. The molecule has 0 bridgehead atoms. The molecule has 5 heteroatoms. The number of hydrogen-bond acceptors (Lipinski definition) is 4. The van der Waals surface area contributed by atoms with Crippen molar-refractivity contribution in [2.45, 2.75) is 18.9 Å². The molecule has 0 saturated carbocycles. The zero-order valence-corrected chi connectivity index (χ0v) is 11.6. The second-order valence-corrected chi connectivity index (χ2v) is 5.39. The lowest BCUT2D eigenvalue weighted by molar-refractivity contribution is 0.477. The van der Waals surface area contributed by atoms with Crippen molar-refractivity contribution in [2.24, 2.45) is 0 Å². The van der Waals surface area contributed by atoms with Gasteiger partial charge in [0.15, 0.2) is 0 Å². The van der Waals surface area contributed by atoms with E-state index in [0.717, 1.165) is 47.3 Å². The van der Waals surface area contributed by atoms with E-state index in [1.54, 1.807) is 0 Å². The van der Waals surface area contributed by atoms with Gasteiger partial charge in [-0.1, -0.05) is 12.1 Å². The number of piperidine rings is 1. The number of rotatable bonds is 2. The van der Waals surface area contributed by atoms with E-state index >= 15 is 0 Å². The molecule has 0 spiro atoms. The molecular formula is C13H15BrN4. The summed E-state index contributed by atoms with van der Waals surface area (Å²) in [4.78, 5) is 8.96. The van der Waals surface area contributed by atoms with Crippen LogP contribution in [0.3, 0.4) is 0 Å². The molecule has 1 aromatic heterocycles. The Balaban J connectivity index is 1.86. The first-order valence-corrected chi connectivity index (χ1v) is 7.01. The Morgan fingerprint density at radius 2 is 2.11 bits per heavy atom. The van der Waals surface area contributed by atoms with Gasteiger partial charge in [0.2, 0.25) is 5.95 Å². The van der Waals surface area contributed by atoms with Crippen molar-refractivity contribution in [3.63, 3.8) is 0 Å². The van der Waals surface area contributed by atoms with E-state index in [1.165, 1.54) is 0 Å². The Labute approximate surface area is 114 Å². The maximum absolute atomic E-state index is 4.58. The van der Waals surface area contributed by atoms with Gasteiger partial charge in [-0.2, -0.15) is 0 Å². The maximum Gasteiger partial charge on any atom is 0.223 e. The van der Waals surface area contributed by atoms with Crippen LogP contribution in [-0.2, 0) is 0 Å². The van der Waals surface area contributed by atoms with Crippen LogP contribution in [0.15, 0.2) is 28.9 Å². The lowest BCUT2D eigenvalue weighted by Gasteiger charge is -2.23. The third-order valence-corrected chi connectivity index (χ3v) is 3.87. The van der Waals surface area contributed by atoms with Gasteiger partial charge in [0.1, 0.15) is 0 Å². The lowest BCUT2D eigenvalue weighted by Crippen LogP contribution is -2.35. The molecule has 2 heterocycles. The first kappa shape index (κ1) is 11.9. The van der Waals surface area contributed by atoms with E-state index < -0.39 is 0 Å². The Morgan fingerprint density at radius 1 is 1.28 bits per heavy atom. The smallest absolute Gasteiger partial charge is 0.223 e. The first-order chi connectivity index (χ1) is 8.83.